The summed E-state index contributed by atoms with van der Waals surface area (Å²) < 4.78 is 30.8. The number of hydrogen-bond donors (Lipinski definition) is 0. The van der Waals surface area contributed by atoms with Gasteiger partial charge in [0.05, 0.1) is 29.5 Å². The Morgan fingerprint density at radius 2 is 1.58 bits per heavy atom. The molecule has 2 aromatic carbocycles. The fraction of sp³-hybridized carbons (Fsp3) is 0.594. The Morgan fingerprint density at radius 3 is 2.21 bits per heavy atom. The van der Waals surface area contributed by atoms with Crippen LogP contribution in [0.3, 0.4) is 0 Å². The molecule has 3 saturated heterocycles. The third-order valence-electron chi connectivity index (χ3n) is 9.15. The number of carbonyl (C=O) groups excluding carboxylic acids is 1. The van der Waals surface area contributed by atoms with Crippen molar-refractivity contribution < 1.29 is 17.9 Å². The normalized spacial score (nSPS) is 19.9. The molecule has 236 valence electrons. The lowest BCUT2D eigenvalue weighted by atomic mass is 9.90. The molecule has 8 nitrogen and oxygen atoms in total. The summed E-state index contributed by atoms with van der Waals surface area (Å²) in [4.78, 5) is 20.5. The van der Waals surface area contributed by atoms with Gasteiger partial charge in [-0.05, 0) is 100.0 Å². The Hall–Kier alpha value is -1.88. The van der Waals surface area contributed by atoms with E-state index in [4.69, 9.17) is 27.9 Å². The number of piperidine rings is 2. The number of halogens is 2. The number of anilines is 2. The Bertz CT molecular complexity index is 1320. The van der Waals surface area contributed by atoms with Gasteiger partial charge in [0, 0.05) is 50.0 Å². The minimum absolute atomic E-state index is 0.0323. The predicted octanol–water partition coefficient (Wildman–Crippen LogP) is 5.18. The molecule has 0 atom stereocenters. The maximum atomic E-state index is 13.7. The van der Waals surface area contributed by atoms with Crippen molar-refractivity contribution in [1.82, 2.24) is 9.21 Å². The van der Waals surface area contributed by atoms with Gasteiger partial charge >= 0.3 is 0 Å². The first-order valence-electron chi connectivity index (χ1n) is 15.5. The average molecular weight is 652 g/mol. The summed E-state index contributed by atoms with van der Waals surface area (Å²) in [5.74, 6) is 0.508. The number of morpholine rings is 1. The Labute approximate surface area is 266 Å². The zero-order chi connectivity index (χ0) is 30.4. The van der Waals surface area contributed by atoms with Gasteiger partial charge in [-0.1, -0.05) is 35.3 Å². The van der Waals surface area contributed by atoms with Crippen LogP contribution in [-0.4, -0.2) is 95.4 Å². The summed E-state index contributed by atoms with van der Waals surface area (Å²) in [6.45, 7) is 7.92. The number of amides is 1. The summed E-state index contributed by atoms with van der Waals surface area (Å²) in [7, 11) is -3.25. The van der Waals surface area contributed by atoms with Crippen LogP contribution in [0.5, 0.6) is 0 Å². The Kier molecular flexibility index (Phi) is 11.3. The van der Waals surface area contributed by atoms with Crippen molar-refractivity contribution in [2.75, 3.05) is 81.6 Å². The molecule has 1 amide bonds. The van der Waals surface area contributed by atoms with E-state index in [1.54, 1.807) is 12.1 Å². The molecule has 3 aliphatic rings. The highest BCUT2D eigenvalue weighted by Crippen LogP contribution is 2.30. The second-order valence-corrected chi connectivity index (χ2v) is 14.9. The quantitative estimate of drug-likeness (QED) is 0.353. The minimum atomic E-state index is -3.25. The first-order valence-corrected chi connectivity index (χ1v) is 18.1. The van der Waals surface area contributed by atoms with Gasteiger partial charge in [-0.15, -0.1) is 0 Å². The molecule has 5 rings (SSSR count). The van der Waals surface area contributed by atoms with Crippen LogP contribution >= 0.6 is 23.2 Å². The molecule has 0 radical (unpaired) electrons. The van der Waals surface area contributed by atoms with Gasteiger partial charge in [-0.2, -0.15) is 0 Å². The van der Waals surface area contributed by atoms with Crippen molar-refractivity contribution in [3.8, 4) is 0 Å². The van der Waals surface area contributed by atoms with E-state index < -0.39 is 10.0 Å². The SMILES string of the molecule is CS(=O)(=O)N1CCC(C(=O)N(CCCN2CCC(Cc3ccc(N4CCOCC4)cc3)CC2)c2ccc(Cl)c(Cl)c2)CC1. The maximum absolute atomic E-state index is 13.7. The molecule has 0 N–H and O–H groups in total. The maximum Gasteiger partial charge on any atom is 0.230 e. The number of likely N-dealkylation sites (tertiary alicyclic amines) is 1. The first kappa shape index (κ1) is 32.5. The molecular formula is C32H44Cl2N4O4S. The molecule has 0 aromatic heterocycles. The summed E-state index contributed by atoms with van der Waals surface area (Å²) in [5.41, 5.74) is 3.44. The largest absolute Gasteiger partial charge is 0.378 e. The van der Waals surface area contributed by atoms with Gasteiger partial charge in [-0.3, -0.25) is 4.79 Å². The van der Waals surface area contributed by atoms with E-state index in [1.165, 1.54) is 34.7 Å². The molecule has 0 spiro atoms. The van der Waals surface area contributed by atoms with E-state index in [1.807, 2.05) is 11.0 Å². The number of carbonyl (C=O) groups is 1. The van der Waals surface area contributed by atoms with E-state index in [0.717, 1.165) is 64.5 Å². The second-order valence-electron chi connectivity index (χ2n) is 12.1. The highest BCUT2D eigenvalue weighted by Gasteiger charge is 2.32. The number of ether oxygens (including phenoxy) is 1. The van der Waals surface area contributed by atoms with Crippen LogP contribution in [0.15, 0.2) is 42.5 Å². The molecular weight excluding hydrogens is 607 g/mol. The van der Waals surface area contributed by atoms with Crippen molar-refractivity contribution in [2.24, 2.45) is 11.8 Å². The van der Waals surface area contributed by atoms with Crippen LogP contribution in [-0.2, 0) is 26.0 Å². The topological polar surface area (TPSA) is 73.4 Å². The number of nitrogens with zero attached hydrogens (tertiary/aromatic N) is 4. The van der Waals surface area contributed by atoms with E-state index in [0.29, 0.717) is 48.4 Å². The molecule has 2 aromatic rings. The Morgan fingerprint density at radius 1 is 0.907 bits per heavy atom. The van der Waals surface area contributed by atoms with Gasteiger partial charge in [-0.25, -0.2) is 12.7 Å². The van der Waals surface area contributed by atoms with Crippen LogP contribution in [0.2, 0.25) is 10.0 Å². The van der Waals surface area contributed by atoms with Crippen molar-refractivity contribution in [3.05, 3.63) is 58.1 Å². The first-order chi connectivity index (χ1) is 20.7. The van der Waals surface area contributed by atoms with Crippen molar-refractivity contribution in [1.29, 1.82) is 0 Å². The van der Waals surface area contributed by atoms with Gasteiger partial charge < -0.3 is 19.4 Å². The van der Waals surface area contributed by atoms with E-state index in [2.05, 4.69) is 34.1 Å². The summed E-state index contributed by atoms with van der Waals surface area (Å²) in [6.07, 6.45) is 6.60. The third kappa shape index (κ3) is 8.86. The van der Waals surface area contributed by atoms with Crippen molar-refractivity contribution in [2.45, 2.75) is 38.5 Å². The molecule has 0 unspecified atom stereocenters. The molecule has 3 fully saturated rings. The van der Waals surface area contributed by atoms with Crippen molar-refractivity contribution in [3.63, 3.8) is 0 Å². The highest BCUT2D eigenvalue weighted by molar-refractivity contribution is 7.88. The van der Waals surface area contributed by atoms with Crippen LogP contribution < -0.4 is 9.80 Å². The number of sulfonamides is 1. The highest BCUT2D eigenvalue weighted by atomic mass is 35.5. The van der Waals surface area contributed by atoms with E-state index in [-0.39, 0.29) is 11.8 Å². The van der Waals surface area contributed by atoms with Crippen LogP contribution in [0, 0.1) is 11.8 Å². The van der Waals surface area contributed by atoms with Crippen LogP contribution in [0.1, 0.15) is 37.7 Å². The fourth-order valence-electron chi connectivity index (χ4n) is 6.54. The zero-order valence-electron chi connectivity index (χ0n) is 25.1. The van der Waals surface area contributed by atoms with Crippen LogP contribution in [0.4, 0.5) is 11.4 Å². The van der Waals surface area contributed by atoms with Gasteiger partial charge in [0.2, 0.25) is 15.9 Å². The lowest BCUT2D eigenvalue weighted by molar-refractivity contribution is -0.123. The van der Waals surface area contributed by atoms with Crippen LogP contribution in [0.25, 0.3) is 0 Å². The Balaban J connectivity index is 1.11. The lowest BCUT2D eigenvalue weighted by Gasteiger charge is -2.35. The standard InChI is InChI=1S/C32H44Cl2N4O4S/c1-43(40,41)37-17-11-27(12-18-37)32(39)38(29-7-8-30(33)31(34)24-29)14-2-13-35-15-9-26(10-16-35)23-25-3-5-28(6-4-25)36-19-21-42-22-20-36/h3-8,24,26-27H,2,9-23H2,1H3. The van der Waals surface area contributed by atoms with E-state index in [9.17, 15) is 13.2 Å². The molecule has 43 heavy (non-hydrogen) atoms. The lowest BCUT2D eigenvalue weighted by Crippen LogP contribution is -2.45. The number of rotatable bonds is 10. The molecule has 3 aliphatic heterocycles. The molecule has 0 saturated carbocycles. The summed E-state index contributed by atoms with van der Waals surface area (Å²) >= 11 is 12.5. The van der Waals surface area contributed by atoms with E-state index >= 15 is 0 Å². The number of benzene rings is 2. The molecule has 11 heteroatoms. The predicted molar refractivity (Wildman–Crippen MR) is 175 cm³/mol. The number of hydrogen-bond acceptors (Lipinski definition) is 6. The van der Waals surface area contributed by atoms with Gasteiger partial charge in [0.25, 0.3) is 0 Å². The molecule has 0 aliphatic carbocycles. The zero-order valence-corrected chi connectivity index (χ0v) is 27.4. The monoisotopic (exact) mass is 650 g/mol. The van der Waals surface area contributed by atoms with Gasteiger partial charge in [0.15, 0.2) is 0 Å². The van der Waals surface area contributed by atoms with Gasteiger partial charge in [0.1, 0.15) is 0 Å². The minimum Gasteiger partial charge on any atom is -0.378 e. The fourth-order valence-corrected chi connectivity index (χ4v) is 7.71. The molecule has 3 heterocycles. The average Bonchev–Trinajstić information content (AvgIpc) is 3.02. The summed E-state index contributed by atoms with van der Waals surface area (Å²) in [5, 5.41) is 0.872. The smallest absolute Gasteiger partial charge is 0.230 e. The molecule has 0 bridgehead atoms. The summed E-state index contributed by atoms with van der Waals surface area (Å²) in [6, 6.07) is 14.4. The second kappa shape index (κ2) is 14.9. The third-order valence-corrected chi connectivity index (χ3v) is 11.2. The van der Waals surface area contributed by atoms with Crippen molar-refractivity contribution >= 4 is 50.5 Å².